The number of amides is 1. The normalized spacial score (nSPS) is 22.9. The Hall–Kier alpha value is -2.88. The highest BCUT2D eigenvalue weighted by molar-refractivity contribution is 7.85. The molecule has 10 heteroatoms. The van der Waals surface area contributed by atoms with Gasteiger partial charge in [0.15, 0.2) is 0 Å². The summed E-state index contributed by atoms with van der Waals surface area (Å²) in [4.78, 5) is 20.2. The van der Waals surface area contributed by atoms with Crippen LogP contribution < -0.4 is 15.0 Å². The Morgan fingerprint density at radius 3 is 2.74 bits per heavy atom. The van der Waals surface area contributed by atoms with Gasteiger partial charge in [-0.1, -0.05) is 0 Å². The minimum Gasteiger partial charge on any atom is -0.487 e. The van der Waals surface area contributed by atoms with Crippen LogP contribution in [-0.2, 0) is 17.2 Å². The van der Waals surface area contributed by atoms with Gasteiger partial charge in [-0.15, -0.1) is 0 Å². The zero-order valence-corrected chi connectivity index (χ0v) is 17.6. The van der Waals surface area contributed by atoms with Crippen molar-refractivity contribution in [3.63, 3.8) is 0 Å². The van der Waals surface area contributed by atoms with Crippen molar-refractivity contribution in [2.75, 3.05) is 42.1 Å². The maximum absolute atomic E-state index is 13.1. The standard InChI is InChI=1S/C21H23FN4O4S/c22-13-1-3-15(4-2-13)30-16-11-26(12-16)19-9-18(20-17(24-19)6-8-31(20)29)23-14-5-7-25(10-14)21(27)28/h1-4,9,14,16H,5-8,10-12H2,(H,23,24)(H,27,28)/t14-,31+/m0/s1. The van der Waals surface area contributed by atoms with Crippen molar-refractivity contribution in [2.45, 2.75) is 29.9 Å². The van der Waals surface area contributed by atoms with Gasteiger partial charge in [-0.05, 0) is 30.7 Å². The molecule has 1 aromatic carbocycles. The van der Waals surface area contributed by atoms with E-state index in [1.165, 1.54) is 17.0 Å². The van der Waals surface area contributed by atoms with Gasteiger partial charge in [-0.25, -0.2) is 14.2 Å². The smallest absolute Gasteiger partial charge is 0.407 e. The molecule has 31 heavy (non-hydrogen) atoms. The van der Waals surface area contributed by atoms with E-state index in [1.54, 1.807) is 12.1 Å². The summed E-state index contributed by atoms with van der Waals surface area (Å²) in [6.07, 6.45) is 0.453. The number of rotatable bonds is 5. The second kappa shape index (κ2) is 7.99. The third kappa shape index (κ3) is 4.04. The Kier molecular flexibility index (Phi) is 5.17. The lowest BCUT2D eigenvalue weighted by Gasteiger charge is -2.40. The van der Waals surface area contributed by atoms with E-state index >= 15 is 0 Å². The second-order valence-electron chi connectivity index (χ2n) is 8.06. The first-order valence-corrected chi connectivity index (χ1v) is 11.6. The Morgan fingerprint density at radius 1 is 1.26 bits per heavy atom. The molecule has 5 rings (SSSR count). The zero-order valence-electron chi connectivity index (χ0n) is 16.8. The molecule has 2 N–H and O–H groups in total. The lowest BCUT2D eigenvalue weighted by Crippen LogP contribution is -2.54. The summed E-state index contributed by atoms with van der Waals surface area (Å²) >= 11 is 0. The van der Waals surface area contributed by atoms with E-state index in [-0.39, 0.29) is 18.0 Å². The second-order valence-corrected chi connectivity index (χ2v) is 9.57. The van der Waals surface area contributed by atoms with Crippen LogP contribution in [0.1, 0.15) is 12.1 Å². The number of aryl methyl sites for hydroxylation is 1. The molecule has 1 amide bonds. The number of fused-ring (bicyclic) bond motifs is 1. The van der Waals surface area contributed by atoms with Gasteiger partial charge in [0, 0.05) is 37.4 Å². The van der Waals surface area contributed by atoms with Gasteiger partial charge in [0.25, 0.3) is 0 Å². The molecule has 2 saturated heterocycles. The number of hydrogen-bond acceptors (Lipinski definition) is 6. The molecule has 1 aromatic heterocycles. The molecule has 2 aromatic rings. The molecule has 3 aliphatic heterocycles. The number of halogens is 1. The largest absolute Gasteiger partial charge is 0.487 e. The maximum atomic E-state index is 13.1. The van der Waals surface area contributed by atoms with Gasteiger partial charge < -0.3 is 25.0 Å². The number of nitrogens with one attached hydrogen (secondary N) is 1. The number of carboxylic acid groups (broad SMARTS) is 1. The fourth-order valence-corrected chi connectivity index (χ4v) is 5.59. The molecular formula is C21H23FN4O4S. The maximum Gasteiger partial charge on any atom is 0.407 e. The number of aromatic nitrogens is 1. The van der Waals surface area contributed by atoms with E-state index in [2.05, 4.69) is 10.2 Å². The molecule has 3 aliphatic rings. The van der Waals surface area contributed by atoms with E-state index in [0.717, 1.165) is 22.1 Å². The van der Waals surface area contributed by atoms with Gasteiger partial charge in [0.05, 0.1) is 40.2 Å². The molecule has 0 bridgehead atoms. The van der Waals surface area contributed by atoms with E-state index in [0.29, 0.717) is 50.5 Å². The SMILES string of the molecule is O=C(O)N1CC[C@H](Nc2cc(N3CC(Oc4ccc(F)cc4)C3)nc3c2[S@](=O)CC3)C1. The number of carbonyl (C=O) groups is 1. The molecule has 0 radical (unpaired) electrons. The molecule has 0 unspecified atom stereocenters. The Morgan fingerprint density at radius 2 is 2.03 bits per heavy atom. The van der Waals surface area contributed by atoms with Crippen molar-refractivity contribution in [1.29, 1.82) is 0 Å². The summed E-state index contributed by atoms with van der Waals surface area (Å²) in [6.45, 7) is 2.21. The minimum absolute atomic E-state index is 0.00925. The van der Waals surface area contributed by atoms with Crippen LogP contribution in [0.3, 0.4) is 0 Å². The first-order valence-electron chi connectivity index (χ1n) is 10.3. The van der Waals surface area contributed by atoms with Crippen molar-refractivity contribution in [2.24, 2.45) is 0 Å². The fraction of sp³-hybridized carbons (Fsp3) is 0.429. The van der Waals surface area contributed by atoms with Gasteiger partial charge >= 0.3 is 6.09 Å². The lowest BCUT2D eigenvalue weighted by molar-refractivity contribution is 0.155. The van der Waals surface area contributed by atoms with E-state index in [1.807, 2.05) is 6.07 Å². The Bertz CT molecular complexity index is 1030. The quantitative estimate of drug-likeness (QED) is 0.728. The number of benzene rings is 1. The molecule has 2 atom stereocenters. The predicted molar refractivity (Wildman–Crippen MR) is 114 cm³/mol. The van der Waals surface area contributed by atoms with Crippen LogP contribution in [0, 0.1) is 5.82 Å². The average Bonchev–Trinajstić information content (AvgIpc) is 3.33. The van der Waals surface area contributed by atoms with Crippen molar-refractivity contribution in [3.8, 4) is 5.75 Å². The van der Waals surface area contributed by atoms with Gasteiger partial charge in [0.1, 0.15) is 23.5 Å². The highest BCUT2D eigenvalue weighted by atomic mass is 32.2. The molecule has 164 valence electrons. The third-order valence-electron chi connectivity index (χ3n) is 5.89. The summed E-state index contributed by atoms with van der Waals surface area (Å²) in [6, 6.07) is 7.88. The monoisotopic (exact) mass is 446 g/mol. The van der Waals surface area contributed by atoms with Crippen molar-refractivity contribution in [3.05, 3.63) is 41.8 Å². The first-order chi connectivity index (χ1) is 15.0. The minimum atomic E-state index is -1.10. The molecule has 8 nitrogen and oxygen atoms in total. The van der Waals surface area contributed by atoms with Crippen LogP contribution in [0.4, 0.5) is 20.7 Å². The van der Waals surface area contributed by atoms with Crippen LogP contribution in [0.2, 0.25) is 0 Å². The number of likely N-dealkylation sites (tertiary alicyclic amines) is 1. The van der Waals surface area contributed by atoms with E-state index in [9.17, 15) is 18.5 Å². The number of pyridine rings is 1. The van der Waals surface area contributed by atoms with Gasteiger partial charge in [-0.3, -0.25) is 4.21 Å². The van der Waals surface area contributed by atoms with Gasteiger partial charge in [0.2, 0.25) is 0 Å². The number of anilines is 2. The molecule has 2 fully saturated rings. The summed E-state index contributed by atoms with van der Waals surface area (Å²) < 4.78 is 31.5. The number of ether oxygens (including phenoxy) is 1. The van der Waals surface area contributed by atoms with Crippen LogP contribution >= 0.6 is 0 Å². The molecule has 0 saturated carbocycles. The van der Waals surface area contributed by atoms with Crippen LogP contribution in [0.5, 0.6) is 5.75 Å². The van der Waals surface area contributed by atoms with Crippen LogP contribution in [0.15, 0.2) is 35.2 Å². The Balaban J connectivity index is 1.29. The van der Waals surface area contributed by atoms with Crippen LogP contribution in [-0.4, -0.2) is 69.4 Å². The number of hydrogen-bond donors (Lipinski definition) is 2. The van der Waals surface area contributed by atoms with E-state index in [4.69, 9.17) is 9.72 Å². The third-order valence-corrected chi connectivity index (χ3v) is 7.37. The summed E-state index contributed by atoms with van der Waals surface area (Å²) in [5.41, 5.74) is 1.63. The first kappa shape index (κ1) is 20.0. The van der Waals surface area contributed by atoms with E-state index < -0.39 is 16.9 Å². The topological polar surface area (TPSA) is 95.0 Å². The highest BCUT2D eigenvalue weighted by Gasteiger charge is 2.34. The Labute approximate surface area is 181 Å². The van der Waals surface area contributed by atoms with Gasteiger partial charge in [-0.2, -0.15) is 0 Å². The highest BCUT2D eigenvalue weighted by Crippen LogP contribution is 2.35. The molecule has 0 spiro atoms. The summed E-state index contributed by atoms with van der Waals surface area (Å²) in [5.74, 6) is 1.70. The average molecular weight is 447 g/mol. The predicted octanol–water partition coefficient (Wildman–Crippen LogP) is 2.32. The molecule has 4 heterocycles. The summed E-state index contributed by atoms with van der Waals surface area (Å²) in [7, 11) is -1.10. The fourth-order valence-electron chi connectivity index (χ4n) is 4.23. The van der Waals surface area contributed by atoms with Crippen molar-refractivity contribution >= 4 is 28.4 Å². The lowest BCUT2D eigenvalue weighted by atomic mass is 10.1. The van der Waals surface area contributed by atoms with Crippen molar-refractivity contribution < 1.29 is 23.2 Å². The zero-order chi connectivity index (χ0) is 21.5. The summed E-state index contributed by atoms with van der Waals surface area (Å²) in [5, 5.41) is 12.6. The van der Waals surface area contributed by atoms with Crippen molar-refractivity contribution in [1.82, 2.24) is 9.88 Å². The van der Waals surface area contributed by atoms with Crippen LogP contribution in [0.25, 0.3) is 0 Å². The molecule has 0 aliphatic carbocycles. The number of nitrogens with zero attached hydrogens (tertiary/aromatic N) is 3. The molecular weight excluding hydrogens is 423 g/mol.